The van der Waals surface area contributed by atoms with Crippen LogP contribution in [0.5, 0.6) is 0 Å². The number of anilines is 1. The second-order valence-electron chi connectivity index (χ2n) is 4.80. The smallest absolute Gasteiger partial charge is 0.278 e. The summed E-state index contributed by atoms with van der Waals surface area (Å²) >= 11 is 5.94. The van der Waals surface area contributed by atoms with Crippen LogP contribution in [0.1, 0.15) is 16.1 Å². The van der Waals surface area contributed by atoms with Crippen LogP contribution in [0.2, 0.25) is 5.02 Å². The number of halogens is 2. The van der Waals surface area contributed by atoms with Crippen molar-refractivity contribution in [2.75, 3.05) is 5.32 Å². The van der Waals surface area contributed by atoms with E-state index in [2.05, 4.69) is 10.3 Å². The number of aromatic nitrogens is 1. The van der Waals surface area contributed by atoms with Crippen molar-refractivity contribution in [1.82, 2.24) is 4.98 Å². The molecule has 0 atom stereocenters. The second kappa shape index (κ2) is 6.52. The van der Waals surface area contributed by atoms with Crippen LogP contribution in [0.4, 0.5) is 10.1 Å². The predicted octanol–water partition coefficient (Wildman–Crippen LogP) is 4.26. The molecule has 5 nitrogen and oxygen atoms in total. The second-order valence-corrected chi connectivity index (χ2v) is 5.20. The minimum absolute atomic E-state index is 0.0575. The number of nitriles is 1. The number of carbonyl (C=O) groups is 1. The molecule has 0 aliphatic carbocycles. The van der Waals surface area contributed by atoms with E-state index in [1.807, 2.05) is 6.07 Å². The molecule has 3 aromatic rings. The van der Waals surface area contributed by atoms with Crippen molar-refractivity contribution in [2.45, 2.75) is 0 Å². The van der Waals surface area contributed by atoms with Crippen LogP contribution >= 0.6 is 11.6 Å². The standard InChI is InChI=1S/C17H9ClFN3O2/c18-14-7-13(6-3-11(14)8-20)22-17(23)15-16(24-9-21-15)10-1-4-12(19)5-2-10/h1-7,9H,(H,22,23). The van der Waals surface area contributed by atoms with Gasteiger partial charge >= 0.3 is 0 Å². The minimum atomic E-state index is -0.510. The summed E-state index contributed by atoms with van der Waals surface area (Å²) in [6.45, 7) is 0. The van der Waals surface area contributed by atoms with Crippen LogP contribution in [0.25, 0.3) is 11.3 Å². The van der Waals surface area contributed by atoms with Crippen LogP contribution in [-0.2, 0) is 0 Å². The third-order valence-electron chi connectivity index (χ3n) is 3.24. The molecule has 0 fully saturated rings. The molecule has 0 saturated carbocycles. The maximum Gasteiger partial charge on any atom is 0.278 e. The Bertz CT molecular complexity index is 945. The Hall–Kier alpha value is -3.17. The van der Waals surface area contributed by atoms with Crippen LogP contribution in [0.15, 0.2) is 53.3 Å². The summed E-state index contributed by atoms with van der Waals surface area (Å²) in [4.78, 5) is 16.3. The molecular formula is C17H9ClFN3O2. The SMILES string of the molecule is N#Cc1ccc(NC(=O)c2ncoc2-c2ccc(F)cc2)cc1Cl. The van der Waals surface area contributed by atoms with E-state index in [0.717, 1.165) is 6.39 Å². The van der Waals surface area contributed by atoms with Gasteiger partial charge in [-0.15, -0.1) is 0 Å². The number of amides is 1. The van der Waals surface area contributed by atoms with Gasteiger partial charge in [-0.2, -0.15) is 5.26 Å². The highest BCUT2D eigenvalue weighted by atomic mass is 35.5. The van der Waals surface area contributed by atoms with Gasteiger partial charge in [0.1, 0.15) is 11.9 Å². The first-order valence-corrected chi connectivity index (χ1v) is 7.16. The van der Waals surface area contributed by atoms with Gasteiger partial charge in [-0.05, 0) is 42.5 Å². The molecule has 3 rings (SSSR count). The largest absolute Gasteiger partial charge is 0.443 e. The maximum atomic E-state index is 13.0. The Morgan fingerprint density at radius 1 is 1.25 bits per heavy atom. The molecule has 2 aromatic carbocycles. The summed E-state index contributed by atoms with van der Waals surface area (Å²) in [5.74, 6) is -0.674. The lowest BCUT2D eigenvalue weighted by Crippen LogP contribution is -2.13. The van der Waals surface area contributed by atoms with E-state index in [1.54, 1.807) is 6.07 Å². The van der Waals surface area contributed by atoms with Crippen molar-refractivity contribution < 1.29 is 13.6 Å². The van der Waals surface area contributed by atoms with Crippen LogP contribution in [0.3, 0.4) is 0 Å². The molecule has 1 N–H and O–H groups in total. The molecule has 0 aliphatic rings. The van der Waals surface area contributed by atoms with Gasteiger partial charge in [0.25, 0.3) is 5.91 Å². The molecule has 1 amide bonds. The number of hydrogen-bond donors (Lipinski definition) is 1. The highest BCUT2D eigenvalue weighted by Gasteiger charge is 2.18. The van der Waals surface area contributed by atoms with E-state index < -0.39 is 11.7 Å². The van der Waals surface area contributed by atoms with E-state index in [-0.39, 0.29) is 16.5 Å². The fourth-order valence-corrected chi connectivity index (χ4v) is 2.31. The lowest BCUT2D eigenvalue weighted by Gasteiger charge is -2.06. The van der Waals surface area contributed by atoms with Crippen molar-refractivity contribution in [3.8, 4) is 17.4 Å². The van der Waals surface area contributed by atoms with Crippen LogP contribution in [0, 0.1) is 17.1 Å². The summed E-state index contributed by atoms with van der Waals surface area (Å²) in [7, 11) is 0. The molecule has 0 saturated heterocycles. The number of carbonyl (C=O) groups excluding carboxylic acids is 1. The van der Waals surface area contributed by atoms with Gasteiger partial charge in [0.2, 0.25) is 0 Å². The monoisotopic (exact) mass is 341 g/mol. The fourth-order valence-electron chi connectivity index (χ4n) is 2.09. The Balaban J connectivity index is 1.87. The van der Waals surface area contributed by atoms with Gasteiger partial charge in [-0.1, -0.05) is 11.6 Å². The molecule has 0 spiro atoms. The van der Waals surface area contributed by atoms with E-state index in [1.165, 1.54) is 36.4 Å². The third-order valence-corrected chi connectivity index (χ3v) is 3.55. The lowest BCUT2D eigenvalue weighted by molar-refractivity contribution is 0.102. The summed E-state index contributed by atoms with van der Waals surface area (Å²) < 4.78 is 18.3. The Kier molecular flexibility index (Phi) is 4.27. The first-order chi connectivity index (χ1) is 11.6. The van der Waals surface area contributed by atoms with Gasteiger partial charge < -0.3 is 9.73 Å². The molecular weight excluding hydrogens is 333 g/mol. The molecule has 0 radical (unpaired) electrons. The number of hydrogen-bond acceptors (Lipinski definition) is 4. The average Bonchev–Trinajstić information content (AvgIpc) is 3.05. The van der Waals surface area contributed by atoms with Crippen molar-refractivity contribution in [2.24, 2.45) is 0 Å². The quantitative estimate of drug-likeness (QED) is 0.772. The first kappa shape index (κ1) is 15.7. The average molecular weight is 342 g/mol. The van der Waals surface area contributed by atoms with Crippen LogP contribution in [-0.4, -0.2) is 10.9 Å². The molecule has 7 heteroatoms. The van der Waals surface area contributed by atoms with Gasteiger partial charge in [-0.3, -0.25) is 4.79 Å². The number of benzene rings is 2. The van der Waals surface area contributed by atoms with E-state index in [0.29, 0.717) is 16.8 Å². The van der Waals surface area contributed by atoms with E-state index in [9.17, 15) is 9.18 Å². The molecule has 1 aromatic heterocycles. The summed E-state index contributed by atoms with van der Waals surface area (Å²) in [5.41, 5.74) is 1.30. The minimum Gasteiger partial charge on any atom is -0.443 e. The van der Waals surface area contributed by atoms with Gasteiger partial charge in [0.05, 0.1) is 10.6 Å². The number of nitrogens with zero attached hydrogens (tertiary/aromatic N) is 2. The first-order valence-electron chi connectivity index (χ1n) is 6.79. The molecule has 0 aliphatic heterocycles. The zero-order valence-electron chi connectivity index (χ0n) is 12.1. The van der Waals surface area contributed by atoms with Gasteiger partial charge in [0.15, 0.2) is 17.8 Å². The van der Waals surface area contributed by atoms with Gasteiger partial charge in [-0.25, -0.2) is 9.37 Å². The topological polar surface area (TPSA) is 78.9 Å². The van der Waals surface area contributed by atoms with Crippen LogP contribution < -0.4 is 5.32 Å². The van der Waals surface area contributed by atoms with Gasteiger partial charge in [0, 0.05) is 11.3 Å². The molecule has 1 heterocycles. The Labute approximate surface area is 141 Å². The van der Waals surface area contributed by atoms with Crippen molar-refractivity contribution in [3.05, 3.63) is 71.0 Å². The third kappa shape index (κ3) is 3.12. The Morgan fingerprint density at radius 3 is 2.67 bits per heavy atom. The molecule has 24 heavy (non-hydrogen) atoms. The maximum absolute atomic E-state index is 13.0. The van der Waals surface area contributed by atoms with E-state index in [4.69, 9.17) is 21.3 Å². The highest BCUT2D eigenvalue weighted by molar-refractivity contribution is 6.32. The summed E-state index contributed by atoms with van der Waals surface area (Å²) in [5, 5.41) is 11.7. The number of rotatable bonds is 3. The molecule has 118 valence electrons. The molecule has 0 unspecified atom stereocenters. The van der Waals surface area contributed by atoms with Crippen molar-refractivity contribution in [3.63, 3.8) is 0 Å². The van der Waals surface area contributed by atoms with E-state index >= 15 is 0 Å². The van der Waals surface area contributed by atoms with Crippen molar-refractivity contribution in [1.29, 1.82) is 5.26 Å². The highest BCUT2D eigenvalue weighted by Crippen LogP contribution is 2.25. The summed E-state index contributed by atoms with van der Waals surface area (Å²) in [6, 6.07) is 12.0. The fraction of sp³-hybridized carbons (Fsp3) is 0. The Morgan fingerprint density at radius 2 is 2.00 bits per heavy atom. The number of oxazole rings is 1. The normalized spacial score (nSPS) is 10.2. The lowest BCUT2D eigenvalue weighted by atomic mass is 10.1. The predicted molar refractivity (Wildman–Crippen MR) is 86.0 cm³/mol. The zero-order chi connectivity index (χ0) is 17.1. The molecule has 0 bridgehead atoms. The summed E-state index contributed by atoms with van der Waals surface area (Å²) in [6.07, 6.45) is 1.14. The van der Waals surface area contributed by atoms with Crippen molar-refractivity contribution >= 4 is 23.2 Å². The zero-order valence-corrected chi connectivity index (χ0v) is 12.8. The number of nitrogens with one attached hydrogen (secondary N) is 1.